The lowest BCUT2D eigenvalue weighted by Gasteiger charge is -2.25. The number of ether oxygens (including phenoxy) is 1. The molecule has 1 atom stereocenters. The molecule has 2 N–H and O–H groups in total. The van der Waals surface area contributed by atoms with Crippen molar-refractivity contribution in [3.63, 3.8) is 0 Å². The molecule has 0 radical (unpaired) electrons. The van der Waals surface area contributed by atoms with E-state index in [-0.39, 0.29) is 5.54 Å². The van der Waals surface area contributed by atoms with Crippen molar-refractivity contribution in [3.05, 3.63) is 59.9 Å². The maximum absolute atomic E-state index is 6.39. The molecule has 0 spiro atoms. The molecule has 19 heavy (non-hydrogen) atoms. The highest BCUT2D eigenvalue weighted by Crippen LogP contribution is 2.18. The van der Waals surface area contributed by atoms with E-state index in [1.54, 1.807) is 13.3 Å². The van der Waals surface area contributed by atoms with Crippen LogP contribution in [0.3, 0.4) is 0 Å². The lowest BCUT2D eigenvalue weighted by atomic mass is 9.88. The molecule has 1 unspecified atom stereocenters. The van der Waals surface area contributed by atoms with Gasteiger partial charge in [-0.15, -0.1) is 0 Å². The zero-order chi connectivity index (χ0) is 13.7. The molecule has 3 nitrogen and oxygen atoms in total. The molecular formula is C16H20N2O. The van der Waals surface area contributed by atoms with Crippen LogP contribution in [0.5, 0.6) is 5.75 Å². The van der Waals surface area contributed by atoms with E-state index in [0.717, 1.165) is 18.6 Å². The van der Waals surface area contributed by atoms with E-state index in [9.17, 15) is 0 Å². The second-order valence-electron chi connectivity index (χ2n) is 5.22. The lowest BCUT2D eigenvalue weighted by molar-refractivity contribution is 0.414. The first-order valence-electron chi connectivity index (χ1n) is 6.40. The number of rotatable bonds is 5. The van der Waals surface area contributed by atoms with E-state index in [2.05, 4.69) is 30.1 Å². The fraction of sp³-hybridized carbons (Fsp3) is 0.312. The van der Waals surface area contributed by atoms with Crippen molar-refractivity contribution in [2.75, 3.05) is 7.11 Å². The monoisotopic (exact) mass is 256 g/mol. The molecular weight excluding hydrogens is 236 g/mol. The fourth-order valence-electron chi connectivity index (χ4n) is 2.24. The van der Waals surface area contributed by atoms with Crippen molar-refractivity contribution in [1.29, 1.82) is 0 Å². The molecule has 0 aliphatic heterocycles. The minimum Gasteiger partial charge on any atom is -0.497 e. The SMILES string of the molecule is COc1ccc(CC(C)(N)Cc2cccnc2)cc1. The molecule has 1 aromatic heterocycles. The molecule has 0 fully saturated rings. The van der Waals surface area contributed by atoms with Crippen molar-refractivity contribution in [2.45, 2.75) is 25.3 Å². The Morgan fingerprint density at radius 1 is 1.11 bits per heavy atom. The minimum atomic E-state index is -0.280. The van der Waals surface area contributed by atoms with Crippen LogP contribution in [0.15, 0.2) is 48.8 Å². The topological polar surface area (TPSA) is 48.1 Å². The van der Waals surface area contributed by atoms with E-state index in [1.807, 2.05) is 24.4 Å². The molecule has 0 aliphatic carbocycles. The molecule has 0 saturated carbocycles. The standard InChI is InChI=1S/C16H20N2O/c1-16(17,11-14-4-3-9-18-12-14)10-13-5-7-15(19-2)8-6-13/h3-9,12H,10-11,17H2,1-2H3. The zero-order valence-corrected chi connectivity index (χ0v) is 11.5. The van der Waals surface area contributed by atoms with E-state index < -0.39 is 0 Å². The van der Waals surface area contributed by atoms with Gasteiger partial charge in [-0.1, -0.05) is 18.2 Å². The molecule has 0 bridgehead atoms. The van der Waals surface area contributed by atoms with Crippen LogP contribution in [0.4, 0.5) is 0 Å². The summed E-state index contributed by atoms with van der Waals surface area (Å²) in [4.78, 5) is 4.13. The molecule has 0 aliphatic rings. The number of hydrogen-bond acceptors (Lipinski definition) is 3. The molecule has 100 valence electrons. The average Bonchev–Trinajstić information content (AvgIpc) is 2.39. The van der Waals surface area contributed by atoms with Crippen LogP contribution in [0.25, 0.3) is 0 Å². The quantitative estimate of drug-likeness (QED) is 0.894. The first-order chi connectivity index (χ1) is 9.09. The number of nitrogens with zero attached hydrogens (tertiary/aromatic N) is 1. The summed E-state index contributed by atoms with van der Waals surface area (Å²) in [5, 5.41) is 0. The van der Waals surface area contributed by atoms with Gasteiger partial charge in [-0.3, -0.25) is 4.98 Å². The Kier molecular flexibility index (Phi) is 4.17. The van der Waals surface area contributed by atoms with E-state index >= 15 is 0 Å². The Labute approximate surface area is 114 Å². The summed E-state index contributed by atoms with van der Waals surface area (Å²) in [5.74, 6) is 0.870. The van der Waals surface area contributed by atoms with E-state index in [4.69, 9.17) is 10.5 Å². The van der Waals surface area contributed by atoms with Gasteiger partial charge in [-0.2, -0.15) is 0 Å². The number of pyridine rings is 1. The first kappa shape index (κ1) is 13.6. The minimum absolute atomic E-state index is 0.280. The van der Waals surface area contributed by atoms with Crippen LogP contribution in [-0.4, -0.2) is 17.6 Å². The van der Waals surface area contributed by atoms with Crippen molar-refractivity contribution in [2.24, 2.45) is 5.73 Å². The normalized spacial score (nSPS) is 13.8. The summed E-state index contributed by atoms with van der Waals surface area (Å²) >= 11 is 0. The first-order valence-corrected chi connectivity index (χ1v) is 6.40. The predicted molar refractivity (Wildman–Crippen MR) is 77.2 cm³/mol. The van der Waals surface area contributed by atoms with Gasteiger partial charge in [0.2, 0.25) is 0 Å². The molecule has 1 heterocycles. The van der Waals surface area contributed by atoms with Crippen LogP contribution in [0.2, 0.25) is 0 Å². The maximum Gasteiger partial charge on any atom is 0.118 e. The van der Waals surface area contributed by atoms with E-state index in [0.29, 0.717) is 0 Å². The Morgan fingerprint density at radius 2 is 1.79 bits per heavy atom. The summed E-state index contributed by atoms with van der Waals surface area (Å²) in [6, 6.07) is 12.1. The Morgan fingerprint density at radius 3 is 2.37 bits per heavy atom. The van der Waals surface area contributed by atoms with Crippen molar-refractivity contribution < 1.29 is 4.74 Å². The Bertz CT molecular complexity index is 506. The van der Waals surface area contributed by atoms with Gasteiger partial charge < -0.3 is 10.5 Å². The highest BCUT2D eigenvalue weighted by atomic mass is 16.5. The smallest absolute Gasteiger partial charge is 0.118 e. The number of benzene rings is 1. The van der Waals surface area contributed by atoms with Gasteiger partial charge in [0.25, 0.3) is 0 Å². The van der Waals surface area contributed by atoms with Crippen molar-refractivity contribution >= 4 is 0 Å². The number of hydrogen-bond donors (Lipinski definition) is 1. The van der Waals surface area contributed by atoms with Gasteiger partial charge in [-0.25, -0.2) is 0 Å². The van der Waals surface area contributed by atoms with Gasteiger partial charge >= 0.3 is 0 Å². The number of aromatic nitrogens is 1. The van der Waals surface area contributed by atoms with Crippen molar-refractivity contribution in [1.82, 2.24) is 4.98 Å². The summed E-state index contributed by atoms with van der Waals surface area (Å²) in [7, 11) is 1.67. The number of nitrogens with two attached hydrogens (primary N) is 1. The fourth-order valence-corrected chi connectivity index (χ4v) is 2.24. The third kappa shape index (κ3) is 4.07. The predicted octanol–water partition coefficient (Wildman–Crippen LogP) is 2.59. The third-order valence-corrected chi connectivity index (χ3v) is 3.10. The highest BCUT2D eigenvalue weighted by Gasteiger charge is 2.19. The molecule has 3 heteroatoms. The molecule has 2 rings (SSSR count). The maximum atomic E-state index is 6.39. The Hall–Kier alpha value is -1.87. The van der Waals surface area contributed by atoms with Gasteiger partial charge in [-0.05, 0) is 49.1 Å². The molecule has 0 amide bonds. The second kappa shape index (κ2) is 5.85. The summed E-state index contributed by atoms with van der Waals surface area (Å²) in [6.45, 7) is 2.07. The number of methoxy groups -OCH3 is 1. The summed E-state index contributed by atoms with van der Waals surface area (Å²) in [6.07, 6.45) is 5.29. The highest BCUT2D eigenvalue weighted by molar-refractivity contribution is 5.28. The van der Waals surface area contributed by atoms with E-state index in [1.165, 1.54) is 11.1 Å². The summed E-state index contributed by atoms with van der Waals surface area (Å²) in [5.41, 5.74) is 8.50. The summed E-state index contributed by atoms with van der Waals surface area (Å²) < 4.78 is 5.16. The molecule has 0 saturated heterocycles. The van der Waals surface area contributed by atoms with Crippen LogP contribution in [0.1, 0.15) is 18.1 Å². The van der Waals surface area contributed by atoms with Gasteiger partial charge in [0, 0.05) is 17.9 Å². The second-order valence-corrected chi connectivity index (χ2v) is 5.22. The van der Waals surface area contributed by atoms with Gasteiger partial charge in [0.1, 0.15) is 5.75 Å². The Balaban J connectivity index is 2.03. The molecule has 1 aromatic carbocycles. The van der Waals surface area contributed by atoms with Crippen LogP contribution in [-0.2, 0) is 12.8 Å². The van der Waals surface area contributed by atoms with Crippen molar-refractivity contribution in [3.8, 4) is 5.75 Å². The van der Waals surface area contributed by atoms with Gasteiger partial charge in [0.15, 0.2) is 0 Å². The third-order valence-electron chi connectivity index (χ3n) is 3.10. The van der Waals surface area contributed by atoms with Gasteiger partial charge in [0.05, 0.1) is 7.11 Å². The zero-order valence-electron chi connectivity index (χ0n) is 11.5. The van der Waals surface area contributed by atoms with Crippen LogP contribution >= 0.6 is 0 Å². The molecule has 2 aromatic rings. The van der Waals surface area contributed by atoms with Crippen LogP contribution < -0.4 is 10.5 Å². The van der Waals surface area contributed by atoms with Crippen LogP contribution in [0, 0.1) is 0 Å². The average molecular weight is 256 g/mol. The largest absolute Gasteiger partial charge is 0.497 e. The lowest BCUT2D eigenvalue weighted by Crippen LogP contribution is -2.40.